The summed E-state index contributed by atoms with van der Waals surface area (Å²) in [6, 6.07) is 8.32. The van der Waals surface area contributed by atoms with Crippen LogP contribution in [-0.2, 0) is 11.3 Å². The Balaban J connectivity index is 0.00000132. The van der Waals surface area contributed by atoms with E-state index >= 15 is 0 Å². The number of rotatable bonds is 3. The molecule has 4 nitrogen and oxygen atoms in total. The Labute approximate surface area is 151 Å². The molecule has 1 aromatic rings. The highest BCUT2D eigenvalue weighted by atomic mass is 35.5. The van der Waals surface area contributed by atoms with Crippen LogP contribution in [0.2, 0.25) is 0 Å². The first-order valence-electron chi connectivity index (χ1n) is 8.01. The highest BCUT2D eigenvalue weighted by Gasteiger charge is 2.23. The van der Waals surface area contributed by atoms with E-state index in [2.05, 4.69) is 35.5 Å². The van der Waals surface area contributed by atoms with Gasteiger partial charge in [-0.2, -0.15) is 0 Å². The third kappa shape index (κ3) is 5.08. The number of nitrogens with one attached hydrogen (secondary N) is 1. The van der Waals surface area contributed by atoms with Gasteiger partial charge in [-0.05, 0) is 50.5 Å². The van der Waals surface area contributed by atoms with E-state index in [1.54, 1.807) is 0 Å². The van der Waals surface area contributed by atoms with Gasteiger partial charge in [-0.1, -0.05) is 18.2 Å². The number of nitrogens with zero attached hydrogens (tertiary/aromatic N) is 2. The molecule has 2 heterocycles. The molecule has 1 N–H and O–H groups in total. The topological polar surface area (TPSA) is 35.6 Å². The average molecular weight is 360 g/mol. The molecule has 6 heteroatoms. The molecule has 0 spiro atoms. The van der Waals surface area contributed by atoms with Crippen LogP contribution in [0.3, 0.4) is 0 Å². The first kappa shape index (κ1) is 20.2. The second-order valence-corrected chi connectivity index (χ2v) is 6.31. The quantitative estimate of drug-likeness (QED) is 0.900. The Hall–Kier alpha value is -0.810. The van der Waals surface area contributed by atoms with Gasteiger partial charge in [0.1, 0.15) is 0 Å². The van der Waals surface area contributed by atoms with Crippen LogP contribution < -0.4 is 10.2 Å². The summed E-state index contributed by atoms with van der Waals surface area (Å²) in [4.78, 5) is 16.9. The van der Waals surface area contributed by atoms with Crippen molar-refractivity contribution in [3.8, 4) is 0 Å². The maximum atomic E-state index is 12.7. The molecule has 1 aromatic carbocycles. The minimum Gasteiger partial charge on any atom is -0.316 e. The lowest BCUT2D eigenvalue weighted by atomic mass is 10.0. The lowest BCUT2D eigenvalue weighted by Gasteiger charge is -2.23. The van der Waals surface area contributed by atoms with Gasteiger partial charge in [0, 0.05) is 31.7 Å². The van der Waals surface area contributed by atoms with Crippen molar-refractivity contribution in [2.45, 2.75) is 25.8 Å². The van der Waals surface area contributed by atoms with Crippen molar-refractivity contribution in [3.05, 3.63) is 29.8 Å². The molecule has 0 aromatic heterocycles. The molecule has 1 amide bonds. The molecule has 1 fully saturated rings. The lowest BCUT2D eigenvalue weighted by Crippen LogP contribution is -2.35. The number of hydrogen-bond donors (Lipinski definition) is 1. The van der Waals surface area contributed by atoms with Gasteiger partial charge >= 0.3 is 0 Å². The van der Waals surface area contributed by atoms with E-state index in [4.69, 9.17) is 0 Å². The highest BCUT2D eigenvalue weighted by molar-refractivity contribution is 5.94. The molecular weight excluding hydrogens is 333 g/mol. The van der Waals surface area contributed by atoms with E-state index in [0.29, 0.717) is 12.3 Å². The number of halogens is 2. The van der Waals surface area contributed by atoms with Crippen LogP contribution in [-0.4, -0.2) is 44.0 Å². The average Bonchev–Trinajstić information content (AvgIpc) is 2.94. The fraction of sp³-hybridized carbons (Fsp3) is 0.588. The highest BCUT2D eigenvalue weighted by Crippen LogP contribution is 2.26. The standard InChI is InChI=1S/C17H25N3O.2ClH/c1-19-10-11-20(16-5-3-2-4-15(16)13-19)17(21)7-6-14-8-9-18-12-14;;/h2-5,14,18H,6-13H2,1H3;2*1H. The van der Waals surface area contributed by atoms with E-state index < -0.39 is 0 Å². The fourth-order valence-corrected chi connectivity index (χ4v) is 3.35. The summed E-state index contributed by atoms with van der Waals surface area (Å²) >= 11 is 0. The molecule has 0 saturated carbocycles. The molecule has 1 saturated heterocycles. The van der Waals surface area contributed by atoms with Gasteiger partial charge < -0.3 is 15.1 Å². The van der Waals surface area contributed by atoms with Crippen LogP contribution in [0, 0.1) is 5.92 Å². The predicted octanol–water partition coefficient (Wildman–Crippen LogP) is 2.70. The third-order valence-corrected chi connectivity index (χ3v) is 4.66. The van der Waals surface area contributed by atoms with Crippen molar-refractivity contribution in [1.29, 1.82) is 0 Å². The Bertz CT molecular complexity index is 506. The summed E-state index contributed by atoms with van der Waals surface area (Å²) in [6.45, 7) is 4.84. The van der Waals surface area contributed by atoms with E-state index in [9.17, 15) is 4.79 Å². The van der Waals surface area contributed by atoms with Gasteiger partial charge in [0.25, 0.3) is 0 Å². The second kappa shape index (κ2) is 9.48. The molecule has 0 aliphatic carbocycles. The summed E-state index contributed by atoms with van der Waals surface area (Å²) in [5.41, 5.74) is 2.37. The van der Waals surface area contributed by atoms with Crippen molar-refractivity contribution in [2.75, 3.05) is 38.1 Å². The first-order valence-corrected chi connectivity index (χ1v) is 8.01. The minimum absolute atomic E-state index is 0. The summed E-state index contributed by atoms with van der Waals surface area (Å²) in [5, 5.41) is 3.38. The Morgan fingerprint density at radius 2 is 2.04 bits per heavy atom. The van der Waals surface area contributed by atoms with E-state index in [-0.39, 0.29) is 30.7 Å². The van der Waals surface area contributed by atoms with Gasteiger partial charge in [-0.25, -0.2) is 0 Å². The number of fused-ring (bicyclic) bond motifs is 1. The number of hydrogen-bond acceptors (Lipinski definition) is 3. The van der Waals surface area contributed by atoms with Crippen LogP contribution in [0.1, 0.15) is 24.8 Å². The number of benzene rings is 1. The van der Waals surface area contributed by atoms with Gasteiger partial charge in [0.15, 0.2) is 0 Å². The van der Waals surface area contributed by atoms with Crippen LogP contribution in [0.15, 0.2) is 24.3 Å². The normalized spacial score (nSPS) is 20.9. The number of para-hydroxylation sites is 1. The monoisotopic (exact) mass is 359 g/mol. The van der Waals surface area contributed by atoms with Gasteiger partial charge in [0.05, 0.1) is 0 Å². The number of amides is 1. The van der Waals surface area contributed by atoms with Crippen molar-refractivity contribution < 1.29 is 4.79 Å². The molecule has 2 aliphatic heterocycles. The fourth-order valence-electron chi connectivity index (χ4n) is 3.35. The maximum Gasteiger partial charge on any atom is 0.227 e. The van der Waals surface area contributed by atoms with Crippen molar-refractivity contribution >= 4 is 36.4 Å². The van der Waals surface area contributed by atoms with Crippen molar-refractivity contribution in [2.24, 2.45) is 5.92 Å². The molecule has 0 bridgehead atoms. The summed E-state index contributed by atoms with van der Waals surface area (Å²) in [7, 11) is 2.12. The molecule has 1 atom stereocenters. The van der Waals surface area contributed by atoms with E-state index in [0.717, 1.165) is 44.8 Å². The maximum absolute atomic E-state index is 12.7. The smallest absolute Gasteiger partial charge is 0.227 e. The summed E-state index contributed by atoms with van der Waals surface area (Å²) in [5.74, 6) is 0.962. The van der Waals surface area contributed by atoms with E-state index in [1.807, 2.05) is 11.0 Å². The van der Waals surface area contributed by atoms with E-state index in [1.165, 1.54) is 12.0 Å². The Morgan fingerprint density at radius 3 is 2.78 bits per heavy atom. The zero-order chi connectivity index (χ0) is 14.7. The Morgan fingerprint density at radius 1 is 1.26 bits per heavy atom. The van der Waals surface area contributed by atoms with Gasteiger partial charge in [-0.15, -0.1) is 24.8 Å². The zero-order valence-electron chi connectivity index (χ0n) is 13.7. The molecule has 130 valence electrons. The summed E-state index contributed by atoms with van der Waals surface area (Å²) < 4.78 is 0. The molecule has 3 rings (SSSR count). The summed E-state index contributed by atoms with van der Waals surface area (Å²) in [6.07, 6.45) is 2.90. The largest absolute Gasteiger partial charge is 0.316 e. The minimum atomic E-state index is 0. The number of carbonyl (C=O) groups excluding carboxylic acids is 1. The van der Waals surface area contributed by atoms with Crippen LogP contribution in [0.5, 0.6) is 0 Å². The van der Waals surface area contributed by atoms with Crippen LogP contribution in [0.25, 0.3) is 0 Å². The SMILES string of the molecule is CN1CCN(C(=O)CCC2CCNC2)c2ccccc2C1.Cl.Cl. The number of carbonyl (C=O) groups is 1. The van der Waals surface area contributed by atoms with Crippen LogP contribution in [0.4, 0.5) is 5.69 Å². The van der Waals surface area contributed by atoms with Crippen molar-refractivity contribution in [1.82, 2.24) is 10.2 Å². The molecule has 23 heavy (non-hydrogen) atoms. The Kier molecular flexibility index (Phi) is 8.34. The zero-order valence-corrected chi connectivity index (χ0v) is 15.3. The first-order chi connectivity index (χ1) is 10.2. The van der Waals surface area contributed by atoms with Crippen molar-refractivity contribution in [3.63, 3.8) is 0 Å². The van der Waals surface area contributed by atoms with Gasteiger partial charge in [-0.3, -0.25) is 4.79 Å². The number of anilines is 1. The van der Waals surface area contributed by atoms with Gasteiger partial charge in [0.2, 0.25) is 5.91 Å². The predicted molar refractivity (Wildman–Crippen MR) is 99.8 cm³/mol. The number of likely N-dealkylation sites (N-methyl/N-ethyl adjacent to an activating group) is 1. The molecule has 1 unspecified atom stereocenters. The molecule has 2 aliphatic rings. The molecular formula is C17H27Cl2N3O. The second-order valence-electron chi connectivity index (χ2n) is 6.31. The lowest BCUT2D eigenvalue weighted by molar-refractivity contribution is -0.118. The molecule has 0 radical (unpaired) electrons. The van der Waals surface area contributed by atoms with Crippen LogP contribution >= 0.6 is 24.8 Å². The third-order valence-electron chi connectivity index (χ3n) is 4.66.